The normalized spacial score (nSPS) is 14.3. The summed E-state index contributed by atoms with van der Waals surface area (Å²) in [4.78, 5) is 2.43. The smallest absolute Gasteiger partial charge is 0.135 e. The van der Waals surface area contributed by atoms with Gasteiger partial charge < -0.3 is 9.64 Å². The van der Waals surface area contributed by atoms with Crippen molar-refractivity contribution in [1.82, 2.24) is 0 Å². The molecule has 0 amide bonds. The molecule has 0 fully saturated rings. The van der Waals surface area contributed by atoms with Crippen LogP contribution in [0.15, 0.2) is 224 Å². The first-order chi connectivity index (χ1) is 33.5. The first kappa shape index (κ1) is 38.8. The number of fused-ring (bicyclic) bond motifs is 17. The number of para-hydroxylation sites is 2. The Morgan fingerprint density at radius 1 is 0.309 bits per heavy atom. The molecule has 1 aliphatic heterocycles. The number of hydrogen-bond acceptors (Lipinski definition) is 2. The quantitative estimate of drug-likeness (QED) is 0.175. The highest BCUT2D eigenvalue weighted by Gasteiger charge is 2.48. The molecule has 1 spiro atoms. The Kier molecular flexibility index (Phi) is 8.28. The molecule has 0 unspecified atom stereocenters. The van der Waals surface area contributed by atoms with E-state index < -0.39 is 5.41 Å². The Bertz CT molecular complexity index is 3710. The van der Waals surface area contributed by atoms with Gasteiger partial charge in [-0.3, -0.25) is 0 Å². The van der Waals surface area contributed by atoms with Gasteiger partial charge in [0.1, 0.15) is 11.5 Å². The Hall–Kier alpha value is -8.46. The van der Waals surface area contributed by atoms with Crippen LogP contribution >= 0.6 is 0 Å². The summed E-state index contributed by atoms with van der Waals surface area (Å²) in [6.45, 7) is 4.72. The predicted molar refractivity (Wildman–Crippen MR) is 281 cm³/mol. The van der Waals surface area contributed by atoms with Crippen LogP contribution in [0.25, 0.3) is 67.8 Å². The van der Waals surface area contributed by atoms with Gasteiger partial charge in [0.2, 0.25) is 0 Å². The Labute approximate surface area is 397 Å². The summed E-state index contributed by atoms with van der Waals surface area (Å²) in [7, 11) is 0. The molecule has 0 atom stereocenters. The summed E-state index contributed by atoms with van der Waals surface area (Å²) >= 11 is 0. The van der Waals surface area contributed by atoms with Crippen molar-refractivity contribution >= 4 is 29.2 Å². The summed E-state index contributed by atoms with van der Waals surface area (Å²) in [5.41, 5.74) is 25.2. The van der Waals surface area contributed by atoms with E-state index in [4.69, 9.17) is 4.74 Å². The molecule has 0 saturated heterocycles. The molecule has 2 nitrogen and oxygen atoms in total. The molecule has 0 aromatic heterocycles. The standard InChI is InChI=1S/C66H45NO/c1-65(2)59-23-11-5-17-50(59)52-38-35-48(41-61(52)65)67(47-34-37-49-54-19-7-13-25-63(54)68-64-26-14-8-20-55(64)56(49)40-47)46-32-29-42(30-33-46)45-31-36-53-51-18-6-12-24-60(51)66(62(53)39-45)57-21-9-3-15-43(57)27-28-44-16-4-10-22-58(44)66/h3-41H,1-2H3. The van der Waals surface area contributed by atoms with Crippen molar-refractivity contribution in [3.05, 3.63) is 269 Å². The Morgan fingerprint density at radius 3 is 1.44 bits per heavy atom. The summed E-state index contributed by atoms with van der Waals surface area (Å²) < 4.78 is 6.62. The average Bonchev–Trinajstić information content (AvgIpc) is 3.66. The van der Waals surface area contributed by atoms with Gasteiger partial charge in [-0.05, 0) is 144 Å². The molecule has 0 bridgehead atoms. The molecule has 1 heterocycles. The van der Waals surface area contributed by atoms with E-state index in [1.54, 1.807) is 0 Å². The van der Waals surface area contributed by atoms with Crippen LogP contribution in [0.4, 0.5) is 17.1 Å². The van der Waals surface area contributed by atoms with Gasteiger partial charge >= 0.3 is 0 Å². The van der Waals surface area contributed by atoms with Crippen LogP contribution < -0.4 is 9.64 Å². The van der Waals surface area contributed by atoms with Crippen molar-refractivity contribution in [3.63, 3.8) is 0 Å². The highest BCUT2D eigenvalue weighted by molar-refractivity contribution is 5.96. The Morgan fingerprint density at radius 2 is 0.765 bits per heavy atom. The van der Waals surface area contributed by atoms with Gasteiger partial charge in [0.15, 0.2) is 0 Å². The van der Waals surface area contributed by atoms with E-state index in [1.165, 1.54) is 77.9 Å². The monoisotopic (exact) mass is 867 g/mol. The number of nitrogens with zero attached hydrogens (tertiary/aromatic N) is 1. The minimum absolute atomic E-state index is 0.149. The van der Waals surface area contributed by atoms with Gasteiger partial charge in [0, 0.05) is 33.6 Å². The molecular weight excluding hydrogens is 823 g/mol. The average molecular weight is 868 g/mol. The van der Waals surface area contributed by atoms with E-state index in [0.717, 1.165) is 50.8 Å². The third-order valence-electron chi connectivity index (χ3n) is 15.3. The van der Waals surface area contributed by atoms with Crippen LogP contribution in [0.1, 0.15) is 58.4 Å². The SMILES string of the molecule is CC1(C)c2ccccc2-c2ccc(N(c3ccc(-c4ccc5c(c4)C4(c6ccccc6C=Cc6ccccc64)c4ccccc4-5)cc3)c3ccc4c(c3)-c3ccccc3Oc3ccccc3-4)cc21. The molecule has 3 aliphatic carbocycles. The molecule has 4 aliphatic rings. The van der Waals surface area contributed by atoms with Crippen LogP contribution in [0.5, 0.6) is 11.5 Å². The number of anilines is 3. The molecule has 2 heteroatoms. The van der Waals surface area contributed by atoms with E-state index >= 15 is 0 Å². The molecule has 14 rings (SSSR count). The van der Waals surface area contributed by atoms with Crippen molar-refractivity contribution in [1.29, 1.82) is 0 Å². The van der Waals surface area contributed by atoms with Gasteiger partial charge in [0.25, 0.3) is 0 Å². The lowest BCUT2D eigenvalue weighted by atomic mass is 9.66. The molecule has 0 N–H and O–H groups in total. The second-order valence-corrected chi connectivity index (χ2v) is 19.2. The van der Waals surface area contributed by atoms with Crippen molar-refractivity contribution in [2.75, 3.05) is 4.90 Å². The zero-order valence-corrected chi connectivity index (χ0v) is 37.9. The van der Waals surface area contributed by atoms with Crippen molar-refractivity contribution < 1.29 is 4.74 Å². The van der Waals surface area contributed by atoms with Crippen molar-refractivity contribution in [2.24, 2.45) is 0 Å². The van der Waals surface area contributed by atoms with Crippen LogP contribution in [-0.2, 0) is 10.8 Å². The zero-order valence-electron chi connectivity index (χ0n) is 37.9. The van der Waals surface area contributed by atoms with Crippen LogP contribution in [0.3, 0.4) is 0 Å². The highest BCUT2D eigenvalue weighted by Crippen LogP contribution is 2.59. The number of benzene rings is 10. The summed E-state index contributed by atoms with van der Waals surface area (Å²) in [5, 5.41) is 0. The lowest BCUT2D eigenvalue weighted by Gasteiger charge is -2.35. The van der Waals surface area contributed by atoms with E-state index in [0.29, 0.717) is 0 Å². The van der Waals surface area contributed by atoms with Crippen molar-refractivity contribution in [3.8, 4) is 67.1 Å². The van der Waals surface area contributed by atoms with Crippen LogP contribution in [0.2, 0.25) is 0 Å². The summed E-state index contributed by atoms with van der Waals surface area (Å²) in [5.74, 6) is 1.72. The summed E-state index contributed by atoms with van der Waals surface area (Å²) in [6.07, 6.45) is 4.60. The lowest BCUT2D eigenvalue weighted by molar-refractivity contribution is 0.488. The largest absolute Gasteiger partial charge is 0.456 e. The second kappa shape index (κ2) is 14.5. The lowest BCUT2D eigenvalue weighted by Crippen LogP contribution is -2.29. The van der Waals surface area contributed by atoms with Gasteiger partial charge in [-0.2, -0.15) is 0 Å². The van der Waals surface area contributed by atoms with E-state index in [1.807, 2.05) is 6.07 Å². The molecule has 0 radical (unpaired) electrons. The van der Waals surface area contributed by atoms with Gasteiger partial charge in [-0.1, -0.05) is 196 Å². The number of ether oxygens (including phenoxy) is 1. The Balaban J connectivity index is 0.938. The first-order valence-electron chi connectivity index (χ1n) is 23.7. The molecule has 68 heavy (non-hydrogen) atoms. The third kappa shape index (κ3) is 5.46. The predicted octanol–water partition coefficient (Wildman–Crippen LogP) is 17.4. The van der Waals surface area contributed by atoms with Crippen LogP contribution in [0, 0.1) is 0 Å². The number of hydrogen-bond donors (Lipinski definition) is 0. The summed E-state index contributed by atoms with van der Waals surface area (Å²) in [6, 6.07) is 83.1. The minimum Gasteiger partial charge on any atom is -0.456 e. The topological polar surface area (TPSA) is 12.5 Å². The van der Waals surface area contributed by atoms with E-state index in [-0.39, 0.29) is 5.41 Å². The van der Waals surface area contributed by atoms with Gasteiger partial charge in [0.05, 0.1) is 5.41 Å². The van der Waals surface area contributed by atoms with Gasteiger partial charge in [-0.15, -0.1) is 0 Å². The molecular formula is C66H45NO. The van der Waals surface area contributed by atoms with E-state index in [9.17, 15) is 0 Å². The maximum Gasteiger partial charge on any atom is 0.135 e. The minimum atomic E-state index is -0.480. The van der Waals surface area contributed by atoms with Crippen LogP contribution in [-0.4, -0.2) is 0 Å². The molecule has 10 aromatic rings. The fourth-order valence-corrected chi connectivity index (χ4v) is 12.2. The molecule has 0 saturated carbocycles. The highest BCUT2D eigenvalue weighted by atomic mass is 16.5. The maximum absolute atomic E-state index is 6.62. The third-order valence-corrected chi connectivity index (χ3v) is 15.3. The maximum atomic E-state index is 6.62. The van der Waals surface area contributed by atoms with Crippen molar-refractivity contribution in [2.45, 2.75) is 24.7 Å². The first-order valence-corrected chi connectivity index (χ1v) is 23.7. The zero-order chi connectivity index (χ0) is 45.1. The molecule has 320 valence electrons. The second-order valence-electron chi connectivity index (χ2n) is 19.2. The number of rotatable bonds is 4. The fourth-order valence-electron chi connectivity index (χ4n) is 12.2. The van der Waals surface area contributed by atoms with Gasteiger partial charge in [-0.25, -0.2) is 0 Å². The molecule has 10 aromatic carbocycles. The fraction of sp³-hybridized carbons (Fsp3) is 0.0606. The van der Waals surface area contributed by atoms with E-state index in [2.05, 4.69) is 249 Å².